The molecule has 0 aliphatic rings. The summed E-state index contributed by atoms with van der Waals surface area (Å²) in [5.41, 5.74) is 7.17. The van der Waals surface area contributed by atoms with Gasteiger partial charge in [-0.05, 0) is 70.6 Å². The first-order valence-electron chi connectivity index (χ1n) is 14.2. The minimum Gasteiger partial charge on any atom is -0.444 e. The van der Waals surface area contributed by atoms with Crippen molar-refractivity contribution >= 4 is 23.8 Å². The van der Waals surface area contributed by atoms with Gasteiger partial charge in [-0.15, -0.1) is 0 Å². The minimum absolute atomic E-state index is 0.00417. The molecule has 9 nitrogen and oxygen atoms in total. The third-order valence-electron chi connectivity index (χ3n) is 6.41. The number of primary amides is 1. The van der Waals surface area contributed by atoms with Gasteiger partial charge in [-0.2, -0.15) is 0 Å². The highest BCUT2D eigenvalue weighted by molar-refractivity contribution is 5.93. The van der Waals surface area contributed by atoms with Crippen LogP contribution in [0.4, 0.5) is 4.79 Å². The molecule has 0 bridgehead atoms. The number of carbonyl (C=O) groups excluding carboxylic acids is 4. The number of nitrogens with two attached hydrogens (primary N) is 1. The van der Waals surface area contributed by atoms with Gasteiger partial charge in [0.15, 0.2) is 0 Å². The van der Waals surface area contributed by atoms with Crippen LogP contribution in [0.3, 0.4) is 0 Å². The van der Waals surface area contributed by atoms with Crippen molar-refractivity contribution in [3.05, 3.63) is 34.9 Å². The Morgan fingerprint density at radius 3 is 2.13 bits per heavy atom. The molecule has 2 atom stereocenters. The van der Waals surface area contributed by atoms with Crippen LogP contribution < -0.4 is 16.4 Å². The van der Waals surface area contributed by atoms with E-state index in [4.69, 9.17) is 10.5 Å². The van der Waals surface area contributed by atoms with Gasteiger partial charge in [0.2, 0.25) is 17.7 Å². The van der Waals surface area contributed by atoms with Gasteiger partial charge >= 0.3 is 6.09 Å². The summed E-state index contributed by atoms with van der Waals surface area (Å²) in [6.07, 6.45) is 4.46. The lowest BCUT2D eigenvalue weighted by Gasteiger charge is -2.36. The molecule has 220 valence electrons. The van der Waals surface area contributed by atoms with E-state index in [-0.39, 0.29) is 18.7 Å². The Morgan fingerprint density at radius 1 is 0.974 bits per heavy atom. The highest BCUT2D eigenvalue weighted by Crippen LogP contribution is 2.29. The van der Waals surface area contributed by atoms with Crippen LogP contribution in [-0.2, 0) is 19.1 Å². The summed E-state index contributed by atoms with van der Waals surface area (Å²) in [4.78, 5) is 53.9. The Balaban J connectivity index is 3.56. The Morgan fingerprint density at radius 2 is 1.59 bits per heavy atom. The number of ether oxygens (including phenoxy) is 1. The summed E-state index contributed by atoms with van der Waals surface area (Å²) >= 11 is 0. The molecule has 0 fully saturated rings. The van der Waals surface area contributed by atoms with E-state index in [0.717, 1.165) is 48.8 Å². The number of benzene rings is 1. The lowest BCUT2D eigenvalue weighted by molar-refractivity contribution is -0.143. The van der Waals surface area contributed by atoms with E-state index >= 15 is 0 Å². The van der Waals surface area contributed by atoms with Crippen LogP contribution in [0.1, 0.15) is 109 Å². The van der Waals surface area contributed by atoms with Crippen molar-refractivity contribution in [2.45, 2.75) is 118 Å². The molecule has 0 spiro atoms. The summed E-state index contributed by atoms with van der Waals surface area (Å²) in [6, 6.07) is 3.80. The van der Waals surface area contributed by atoms with Crippen LogP contribution >= 0.6 is 0 Å². The number of carbonyl (C=O) groups is 4. The fraction of sp³-hybridized carbons (Fsp3) is 0.667. The fourth-order valence-electron chi connectivity index (χ4n) is 4.44. The third-order valence-corrected chi connectivity index (χ3v) is 6.41. The van der Waals surface area contributed by atoms with Crippen LogP contribution in [0, 0.1) is 13.8 Å². The van der Waals surface area contributed by atoms with Crippen molar-refractivity contribution in [1.82, 2.24) is 15.5 Å². The van der Waals surface area contributed by atoms with Crippen molar-refractivity contribution in [2.75, 3.05) is 13.1 Å². The van der Waals surface area contributed by atoms with E-state index in [9.17, 15) is 19.2 Å². The van der Waals surface area contributed by atoms with Crippen molar-refractivity contribution in [3.63, 3.8) is 0 Å². The third kappa shape index (κ3) is 12.1. The van der Waals surface area contributed by atoms with Crippen LogP contribution in [0.25, 0.3) is 0 Å². The summed E-state index contributed by atoms with van der Waals surface area (Å²) in [5, 5.41) is 5.66. The van der Waals surface area contributed by atoms with Gasteiger partial charge in [-0.3, -0.25) is 14.4 Å². The van der Waals surface area contributed by atoms with Gasteiger partial charge in [-0.1, -0.05) is 57.7 Å². The number of amides is 4. The number of nitrogens with zero attached hydrogens (tertiary/aromatic N) is 1. The Kier molecular flexibility index (Phi) is 14.6. The number of unbranched alkanes of at least 4 members (excludes halogenated alkanes) is 4. The molecule has 0 saturated heterocycles. The van der Waals surface area contributed by atoms with Crippen LogP contribution in [0.2, 0.25) is 0 Å². The number of rotatable bonds is 16. The SMILES string of the molecule is CCCCCCN(C(=O)C(CCC(N)=O)NC(=O)OC(C)(C)C)C(C(=O)NCCCC)c1c(C)cccc1C. The number of aryl methyl sites for hydroxylation is 2. The van der Waals surface area contributed by atoms with Gasteiger partial charge < -0.3 is 26.0 Å². The fourth-order valence-corrected chi connectivity index (χ4v) is 4.44. The van der Waals surface area contributed by atoms with Gasteiger partial charge in [0.05, 0.1) is 0 Å². The second-order valence-electron chi connectivity index (χ2n) is 11.1. The Hall–Kier alpha value is -3.10. The van der Waals surface area contributed by atoms with E-state index in [2.05, 4.69) is 17.6 Å². The van der Waals surface area contributed by atoms with Gasteiger partial charge in [0.25, 0.3) is 0 Å². The largest absolute Gasteiger partial charge is 0.444 e. The molecular weight excluding hydrogens is 496 g/mol. The Labute approximate surface area is 234 Å². The highest BCUT2D eigenvalue weighted by atomic mass is 16.6. The molecule has 0 radical (unpaired) electrons. The molecule has 0 saturated carbocycles. The van der Waals surface area contributed by atoms with Gasteiger partial charge in [0, 0.05) is 19.5 Å². The van der Waals surface area contributed by atoms with Crippen LogP contribution in [0.5, 0.6) is 0 Å². The maximum atomic E-state index is 14.2. The molecule has 0 aliphatic heterocycles. The number of nitrogens with one attached hydrogen (secondary N) is 2. The molecule has 1 rings (SSSR count). The summed E-state index contributed by atoms with van der Waals surface area (Å²) in [6.45, 7) is 14.0. The van der Waals surface area contributed by atoms with E-state index < -0.39 is 35.6 Å². The molecule has 4 N–H and O–H groups in total. The number of alkyl carbamates (subject to hydrolysis) is 1. The molecule has 9 heteroatoms. The quantitative estimate of drug-likeness (QED) is 0.256. The lowest BCUT2D eigenvalue weighted by atomic mass is 9.93. The first-order valence-corrected chi connectivity index (χ1v) is 14.2. The smallest absolute Gasteiger partial charge is 0.408 e. The van der Waals surface area contributed by atoms with Crippen LogP contribution in [-0.4, -0.2) is 53.4 Å². The maximum Gasteiger partial charge on any atom is 0.408 e. The summed E-state index contributed by atoms with van der Waals surface area (Å²) in [7, 11) is 0. The zero-order valence-electron chi connectivity index (χ0n) is 25.0. The summed E-state index contributed by atoms with van der Waals surface area (Å²) < 4.78 is 5.40. The molecular formula is C30H50N4O5. The number of hydrogen-bond acceptors (Lipinski definition) is 5. The second kappa shape index (κ2) is 16.8. The maximum absolute atomic E-state index is 14.2. The number of hydrogen-bond donors (Lipinski definition) is 3. The second-order valence-corrected chi connectivity index (χ2v) is 11.1. The average Bonchev–Trinajstić information content (AvgIpc) is 2.83. The predicted molar refractivity (Wildman–Crippen MR) is 154 cm³/mol. The minimum atomic E-state index is -1.09. The average molecular weight is 547 g/mol. The molecule has 4 amide bonds. The molecule has 0 heterocycles. The Bertz CT molecular complexity index is 937. The molecule has 39 heavy (non-hydrogen) atoms. The van der Waals surface area contributed by atoms with Crippen molar-refractivity contribution in [1.29, 1.82) is 0 Å². The molecule has 2 unspecified atom stereocenters. The first kappa shape index (κ1) is 33.9. The summed E-state index contributed by atoms with van der Waals surface area (Å²) in [5.74, 6) is -1.30. The monoisotopic (exact) mass is 546 g/mol. The van der Waals surface area contributed by atoms with Crippen molar-refractivity contribution in [2.24, 2.45) is 5.73 Å². The first-order chi connectivity index (χ1) is 18.3. The van der Waals surface area contributed by atoms with Gasteiger partial charge in [0.1, 0.15) is 17.7 Å². The normalized spacial score (nSPS) is 12.8. The zero-order valence-corrected chi connectivity index (χ0v) is 25.0. The van der Waals surface area contributed by atoms with Crippen molar-refractivity contribution < 1.29 is 23.9 Å². The van der Waals surface area contributed by atoms with E-state index in [1.165, 1.54) is 0 Å². The van der Waals surface area contributed by atoms with Gasteiger partial charge in [-0.25, -0.2) is 4.79 Å². The van der Waals surface area contributed by atoms with E-state index in [1.54, 1.807) is 25.7 Å². The van der Waals surface area contributed by atoms with E-state index in [0.29, 0.717) is 19.5 Å². The standard InChI is InChI=1S/C30H50N4O5/c1-8-10-12-13-20-34(28(37)23(17-18-24(31)35)33-29(38)39-30(5,6)7)26(27(36)32-19-11-9-2)25-21(3)15-14-16-22(25)4/h14-16,23,26H,8-13,17-20H2,1-7H3,(H2,31,35)(H,32,36)(H,33,38). The topological polar surface area (TPSA) is 131 Å². The molecule has 0 aliphatic carbocycles. The predicted octanol–water partition coefficient (Wildman–Crippen LogP) is 4.83. The molecule has 1 aromatic rings. The zero-order chi connectivity index (χ0) is 29.6. The van der Waals surface area contributed by atoms with Crippen LogP contribution in [0.15, 0.2) is 18.2 Å². The highest BCUT2D eigenvalue weighted by Gasteiger charge is 2.37. The molecule has 0 aromatic heterocycles. The van der Waals surface area contributed by atoms with E-state index in [1.807, 2.05) is 39.0 Å². The molecule has 1 aromatic carbocycles. The lowest BCUT2D eigenvalue weighted by Crippen LogP contribution is -2.53. The van der Waals surface area contributed by atoms with Crippen molar-refractivity contribution in [3.8, 4) is 0 Å².